The predicted octanol–water partition coefficient (Wildman–Crippen LogP) is 7.05. The maximum absolute atomic E-state index is 14.1. The van der Waals surface area contributed by atoms with Gasteiger partial charge in [0.2, 0.25) is 0 Å². The number of rotatable bonds is 10. The fourth-order valence-corrected chi connectivity index (χ4v) is 2.54. The zero-order valence-corrected chi connectivity index (χ0v) is 16.4. The molecule has 0 fully saturated rings. The number of non-ortho nitro benzene ring substituents is 1. The molecular weight excluding hydrogens is 539 g/mol. The van der Waals surface area contributed by atoms with E-state index in [0.717, 1.165) is 12.1 Å². The summed E-state index contributed by atoms with van der Waals surface area (Å²) in [5.74, 6) is -47.2. The average molecular weight is 549 g/mol. The van der Waals surface area contributed by atoms with Crippen molar-refractivity contribution in [2.75, 3.05) is 7.11 Å². The Hall–Kier alpha value is -2.47. The van der Waals surface area contributed by atoms with Gasteiger partial charge in [-0.15, -0.1) is 0 Å². The van der Waals surface area contributed by atoms with E-state index in [4.69, 9.17) is 0 Å². The second kappa shape index (κ2) is 8.88. The molecule has 0 amide bonds. The van der Waals surface area contributed by atoms with Gasteiger partial charge in [0.05, 0.1) is 11.0 Å². The summed E-state index contributed by atoms with van der Waals surface area (Å²) in [7, 11) is 0.447. The summed E-state index contributed by atoms with van der Waals surface area (Å²) in [5.41, 5.74) is -1.69. The van der Waals surface area contributed by atoms with E-state index in [2.05, 4.69) is 4.74 Å². The third kappa shape index (κ3) is 4.69. The Balaban J connectivity index is 3.52. The van der Waals surface area contributed by atoms with Gasteiger partial charge in [-0.2, -0.15) is 65.9 Å². The van der Waals surface area contributed by atoms with Crippen molar-refractivity contribution in [3.05, 3.63) is 39.9 Å². The molecule has 19 heteroatoms. The molecule has 0 N–H and O–H groups in total. The summed E-state index contributed by atoms with van der Waals surface area (Å²) < 4.78 is 203. The smallest absolute Gasteiger partial charge is 0.377 e. The number of methoxy groups -OCH3 is 1. The molecule has 1 rings (SSSR count). The highest BCUT2D eigenvalue weighted by Gasteiger charge is 2.93. The Labute approximate surface area is 183 Å². The quantitative estimate of drug-likeness (QED) is 0.179. The van der Waals surface area contributed by atoms with Gasteiger partial charge in [0.25, 0.3) is 5.69 Å². The van der Waals surface area contributed by atoms with Crippen LogP contribution >= 0.6 is 0 Å². The van der Waals surface area contributed by atoms with Crippen molar-refractivity contribution in [2.45, 2.75) is 54.2 Å². The Kier molecular flexibility index (Phi) is 7.75. The van der Waals surface area contributed by atoms with Gasteiger partial charge in [-0.05, 0) is 5.56 Å². The average Bonchev–Trinajstić information content (AvgIpc) is 2.70. The molecule has 1 unspecified atom stereocenters. The minimum Gasteiger partial charge on any atom is -0.377 e. The van der Waals surface area contributed by atoms with Crippen LogP contribution in [-0.2, 0) is 4.74 Å². The molecule has 0 radical (unpaired) electrons. The van der Waals surface area contributed by atoms with Gasteiger partial charge >= 0.3 is 41.7 Å². The number of nitrogens with zero attached hydrogens (tertiary/aromatic N) is 1. The molecule has 0 aliphatic carbocycles. The molecular formula is C16H10F15NO3. The lowest BCUT2D eigenvalue weighted by Crippen LogP contribution is -2.72. The molecule has 0 aromatic heterocycles. The van der Waals surface area contributed by atoms with Crippen molar-refractivity contribution in [2.24, 2.45) is 0 Å². The summed E-state index contributed by atoms with van der Waals surface area (Å²) in [4.78, 5) is 9.56. The number of benzene rings is 1. The number of alkyl halides is 15. The van der Waals surface area contributed by atoms with E-state index in [1.54, 1.807) is 0 Å². The third-order valence-corrected chi connectivity index (χ3v) is 4.57. The van der Waals surface area contributed by atoms with Crippen LogP contribution < -0.4 is 0 Å². The molecule has 0 heterocycles. The Morgan fingerprint density at radius 3 is 1.60 bits per heavy atom. The lowest BCUT2D eigenvalue weighted by Gasteiger charge is -2.42. The third-order valence-electron chi connectivity index (χ3n) is 4.57. The lowest BCUT2D eigenvalue weighted by atomic mass is 9.88. The van der Waals surface area contributed by atoms with E-state index in [0.29, 0.717) is 19.2 Å². The van der Waals surface area contributed by atoms with Crippen molar-refractivity contribution in [3.63, 3.8) is 0 Å². The molecule has 0 saturated carbocycles. The zero-order chi connectivity index (χ0) is 28.1. The standard InChI is InChI=1S/C16H10F15NO3/c1-35-9(7-3-2-4-8(5-7)32(33)34)6-10(17,18)11(19,20)12(21,22)13(23,24)14(25,26)15(27,28)16(29,30)31/h2-5,9H,6H2,1H3. The first-order valence-electron chi connectivity index (χ1n) is 8.44. The molecule has 35 heavy (non-hydrogen) atoms. The normalized spacial score (nSPS) is 15.8. The monoisotopic (exact) mass is 549 g/mol. The SMILES string of the molecule is COC(CC(F)(F)C(F)(F)C(F)(F)C(F)(F)C(F)(F)C(F)(F)C(F)(F)F)c1cccc([N+](=O)[O-])c1. The van der Waals surface area contributed by atoms with Gasteiger partial charge in [0.15, 0.2) is 0 Å². The second-order valence-electron chi connectivity index (χ2n) is 6.85. The summed E-state index contributed by atoms with van der Waals surface area (Å²) in [6.45, 7) is 0. The van der Waals surface area contributed by atoms with Crippen molar-refractivity contribution in [1.29, 1.82) is 0 Å². The van der Waals surface area contributed by atoms with E-state index < -0.39 is 70.4 Å². The molecule has 0 aliphatic rings. The summed E-state index contributed by atoms with van der Waals surface area (Å²) >= 11 is 0. The number of nitro benzene ring substituents is 1. The van der Waals surface area contributed by atoms with Crippen LogP contribution in [0.25, 0.3) is 0 Å². The maximum Gasteiger partial charge on any atom is 0.460 e. The highest BCUT2D eigenvalue weighted by atomic mass is 19.4. The minimum atomic E-state index is -8.39. The van der Waals surface area contributed by atoms with E-state index >= 15 is 0 Å². The van der Waals surface area contributed by atoms with E-state index in [1.165, 1.54) is 0 Å². The summed E-state index contributed by atoms with van der Waals surface area (Å²) in [5, 5.41) is 10.7. The van der Waals surface area contributed by atoms with E-state index in [-0.39, 0.29) is 0 Å². The first kappa shape index (κ1) is 30.6. The fraction of sp³-hybridized carbons (Fsp3) is 0.625. The Bertz CT molecular complexity index is 929. The number of halogens is 15. The molecule has 0 spiro atoms. The lowest BCUT2D eigenvalue weighted by molar-refractivity contribution is -0.453. The first-order chi connectivity index (χ1) is 15.3. The topological polar surface area (TPSA) is 52.4 Å². The van der Waals surface area contributed by atoms with Crippen LogP contribution in [0.15, 0.2) is 24.3 Å². The maximum atomic E-state index is 14.1. The van der Waals surface area contributed by atoms with Crippen LogP contribution in [0.3, 0.4) is 0 Å². The van der Waals surface area contributed by atoms with Crippen molar-refractivity contribution in [1.82, 2.24) is 0 Å². The van der Waals surface area contributed by atoms with Gasteiger partial charge in [0.1, 0.15) is 0 Å². The van der Waals surface area contributed by atoms with Crippen molar-refractivity contribution >= 4 is 5.69 Å². The highest BCUT2D eigenvalue weighted by molar-refractivity contribution is 5.35. The predicted molar refractivity (Wildman–Crippen MR) is 83.2 cm³/mol. The molecule has 1 atom stereocenters. The molecule has 4 nitrogen and oxygen atoms in total. The van der Waals surface area contributed by atoms with Gasteiger partial charge in [-0.1, -0.05) is 12.1 Å². The largest absolute Gasteiger partial charge is 0.460 e. The molecule has 0 aliphatic heterocycles. The van der Waals surface area contributed by atoms with Gasteiger partial charge in [-0.25, -0.2) is 0 Å². The van der Waals surface area contributed by atoms with Crippen LogP contribution in [0.1, 0.15) is 18.1 Å². The molecule has 0 saturated heterocycles. The zero-order valence-electron chi connectivity index (χ0n) is 16.4. The number of ether oxygens (including phenoxy) is 1. The van der Waals surface area contributed by atoms with Crippen molar-refractivity contribution < 1.29 is 75.5 Å². The van der Waals surface area contributed by atoms with E-state index in [9.17, 15) is 76.0 Å². The summed E-state index contributed by atoms with van der Waals surface area (Å²) in [6.07, 6.45) is -13.0. The molecule has 1 aromatic carbocycles. The fourth-order valence-electron chi connectivity index (χ4n) is 2.54. The van der Waals surface area contributed by atoms with Crippen LogP contribution in [0.5, 0.6) is 0 Å². The van der Waals surface area contributed by atoms with Crippen LogP contribution in [0.4, 0.5) is 71.5 Å². The summed E-state index contributed by atoms with van der Waals surface area (Å²) in [6, 6.07) is 2.58. The van der Waals surface area contributed by atoms with Gasteiger partial charge in [0, 0.05) is 25.7 Å². The van der Waals surface area contributed by atoms with Gasteiger partial charge in [-0.3, -0.25) is 10.1 Å². The van der Waals surface area contributed by atoms with Crippen LogP contribution in [-0.4, -0.2) is 53.7 Å². The Morgan fingerprint density at radius 1 is 0.771 bits per heavy atom. The van der Waals surface area contributed by atoms with Gasteiger partial charge < -0.3 is 4.74 Å². The van der Waals surface area contributed by atoms with E-state index in [1.807, 2.05) is 0 Å². The number of nitro groups is 1. The molecule has 0 bridgehead atoms. The van der Waals surface area contributed by atoms with Crippen LogP contribution in [0.2, 0.25) is 0 Å². The molecule has 202 valence electrons. The number of hydrogen-bond donors (Lipinski definition) is 0. The van der Waals surface area contributed by atoms with Crippen molar-refractivity contribution in [3.8, 4) is 0 Å². The Morgan fingerprint density at radius 2 is 1.20 bits per heavy atom. The second-order valence-corrected chi connectivity index (χ2v) is 6.85. The first-order valence-corrected chi connectivity index (χ1v) is 8.44. The highest BCUT2D eigenvalue weighted by Crippen LogP contribution is 2.63. The van der Waals surface area contributed by atoms with Crippen LogP contribution in [0, 0.1) is 10.1 Å². The minimum absolute atomic E-state index is 0.396. The molecule has 1 aromatic rings. The number of hydrogen-bond acceptors (Lipinski definition) is 3.